The highest BCUT2D eigenvalue weighted by atomic mass is 32.2. The van der Waals surface area contributed by atoms with Gasteiger partial charge in [0.05, 0.1) is 26.4 Å². The first-order chi connectivity index (χ1) is 11.4. The van der Waals surface area contributed by atoms with Gasteiger partial charge in [-0.25, -0.2) is 0 Å². The van der Waals surface area contributed by atoms with E-state index in [0.29, 0.717) is 0 Å². The average molecular weight is 349 g/mol. The van der Waals surface area contributed by atoms with Crippen molar-refractivity contribution < 1.29 is 9.47 Å². The second kappa shape index (κ2) is 15.6. The van der Waals surface area contributed by atoms with Crippen LogP contribution in [0.2, 0.25) is 0 Å². The standard InChI is InChI=1S/C16H36N4O2S/c1-3-17-4-12-21-14-10-19-6-8-20(9-7-19)11-15-22-13-5-18-16-23-2/h17-18H,3-16H2,1-2H3. The van der Waals surface area contributed by atoms with E-state index in [1.54, 1.807) is 11.8 Å². The molecule has 0 atom stereocenters. The van der Waals surface area contributed by atoms with Crippen molar-refractivity contribution in [2.45, 2.75) is 6.92 Å². The summed E-state index contributed by atoms with van der Waals surface area (Å²) in [5, 5.41) is 6.59. The van der Waals surface area contributed by atoms with Gasteiger partial charge in [-0.05, 0) is 12.8 Å². The van der Waals surface area contributed by atoms with Crippen LogP contribution in [0, 0.1) is 0 Å². The van der Waals surface area contributed by atoms with E-state index in [4.69, 9.17) is 9.47 Å². The molecule has 23 heavy (non-hydrogen) atoms. The Morgan fingerprint density at radius 1 is 0.826 bits per heavy atom. The number of ether oxygens (including phenoxy) is 2. The summed E-state index contributed by atoms with van der Waals surface area (Å²) in [7, 11) is 0. The summed E-state index contributed by atoms with van der Waals surface area (Å²) in [4.78, 5) is 4.99. The molecule has 0 bridgehead atoms. The molecule has 1 saturated heterocycles. The van der Waals surface area contributed by atoms with Crippen LogP contribution in [0.15, 0.2) is 0 Å². The van der Waals surface area contributed by atoms with Crippen LogP contribution in [0.5, 0.6) is 0 Å². The van der Waals surface area contributed by atoms with Gasteiger partial charge in [-0.1, -0.05) is 6.92 Å². The lowest BCUT2D eigenvalue weighted by molar-refractivity contribution is 0.0581. The molecule has 2 N–H and O–H groups in total. The van der Waals surface area contributed by atoms with Crippen LogP contribution in [0.1, 0.15) is 6.92 Å². The lowest BCUT2D eigenvalue weighted by Crippen LogP contribution is -2.48. The van der Waals surface area contributed by atoms with Crippen molar-refractivity contribution in [1.82, 2.24) is 20.4 Å². The van der Waals surface area contributed by atoms with Gasteiger partial charge >= 0.3 is 0 Å². The van der Waals surface area contributed by atoms with Crippen molar-refractivity contribution in [3.8, 4) is 0 Å². The number of piperazine rings is 1. The second-order valence-corrected chi connectivity index (χ2v) is 6.56. The van der Waals surface area contributed by atoms with Gasteiger partial charge in [0.2, 0.25) is 0 Å². The minimum atomic E-state index is 0.810. The largest absolute Gasteiger partial charge is 0.379 e. The van der Waals surface area contributed by atoms with Crippen molar-refractivity contribution in [2.24, 2.45) is 0 Å². The predicted octanol–water partition coefficient (Wildman–Crippen LogP) is 0.157. The van der Waals surface area contributed by atoms with Crippen molar-refractivity contribution in [1.29, 1.82) is 0 Å². The summed E-state index contributed by atoms with van der Waals surface area (Å²) in [6.45, 7) is 15.0. The number of nitrogens with one attached hydrogen (secondary N) is 2. The molecule has 6 nitrogen and oxygen atoms in total. The van der Waals surface area contributed by atoms with Crippen LogP contribution in [0.4, 0.5) is 0 Å². The third-order valence-corrected chi connectivity index (χ3v) is 4.40. The maximum atomic E-state index is 5.67. The van der Waals surface area contributed by atoms with Gasteiger partial charge in [0.15, 0.2) is 0 Å². The first kappa shape index (κ1) is 21.2. The highest BCUT2D eigenvalue weighted by molar-refractivity contribution is 7.98. The smallest absolute Gasteiger partial charge is 0.0594 e. The molecule has 1 aliphatic rings. The Balaban J connectivity index is 1.87. The lowest BCUT2D eigenvalue weighted by atomic mass is 10.3. The Hall–Kier alpha value is 0.110. The Labute approximate surface area is 146 Å². The first-order valence-corrected chi connectivity index (χ1v) is 10.3. The Bertz CT molecular complexity index is 254. The lowest BCUT2D eigenvalue weighted by Gasteiger charge is -2.34. The van der Waals surface area contributed by atoms with Crippen LogP contribution < -0.4 is 10.6 Å². The predicted molar refractivity (Wildman–Crippen MR) is 99.4 cm³/mol. The highest BCUT2D eigenvalue weighted by Gasteiger charge is 2.15. The molecule has 0 aliphatic carbocycles. The van der Waals surface area contributed by atoms with E-state index >= 15 is 0 Å². The van der Waals surface area contributed by atoms with Gasteiger partial charge in [-0.3, -0.25) is 9.80 Å². The van der Waals surface area contributed by atoms with Crippen molar-refractivity contribution in [3.63, 3.8) is 0 Å². The molecule has 1 rings (SSSR count). The fourth-order valence-corrected chi connectivity index (χ4v) is 2.82. The van der Waals surface area contributed by atoms with E-state index in [-0.39, 0.29) is 0 Å². The molecule has 1 fully saturated rings. The minimum absolute atomic E-state index is 0.810. The number of rotatable bonds is 15. The third kappa shape index (κ3) is 12.2. The second-order valence-electron chi connectivity index (χ2n) is 5.69. The summed E-state index contributed by atoms with van der Waals surface area (Å²) in [5.74, 6) is 1.00. The van der Waals surface area contributed by atoms with Gasteiger partial charge in [0, 0.05) is 58.2 Å². The molecule has 1 heterocycles. The normalized spacial score (nSPS) is 17.0. The maximum absolute atomic E-state index is 5.67. The Morgan fingerprint density at radius 3 is 1.83 bits per heavy atom. The molecule has 0 spiro atoms. The SMILES string of the molecule is CCNCCOCCN1CCN(CCOCCNCSC)CC1. The molecular formula is C16H36N4O2S. The molecule has 0 aromatic rings. The van der Waals surface area contributed by atoms with Crippen LogP contribution in [-0.4, -0.2) is 107 Å². The Morgan fingerprint density at radius 2 is 1.35 bits per heavy atom. The maximum Gasteiger partial charge on any atom is 0.0594 e. The van der Waals surface area contributed by atoms with E-state index in [2.05, 4.69) is 33.6 Å². The molecule has 0 aromatic carbocycles. The van der Waals surface area contributed by atoms with Gasteiger partial charge in [-0.15, -0.1) is 11.8 Å². The van der Waals surface area contributed by atoms with Gasteiger partial charge in [0.1, 0.15) is 0 Å². The molecule has 0 amide bonds. The number of hydrogen-bond donors (Lipinski definition) is 2. The van der Waals surface area contributed by atoms with Crippen LogP contribution in [0.25, 0.3) is 0 Å². The third-order valence-electron chi connectivity index (χ3n) is 3.91. The van der Waals surface area contributed by atoms with E-state index < -0.39 is 0 Å². The molecule has 0 aromatic heterocycles. The molecule has 138 valence electrons. The van der Waals surface area contributed by atoms with E-state index in [1.807, 2.05) is 0 Å². The zero-order valence-corrected chi connectivity index (χ0v) is 15.8. The number of likely N-dealkylation sites (N-methyl/N-ethyl adjacent to an activating group) is 1. The van der Waals surface area contributed by atoms with Crippen molar-refractivity contribution >= 4 is 11.8 Å². The summed E-state index contributed by atoms with van der Waals surface area (Å²) in [6.07, 6.45) is 2.10. The topological polar surface area (TPSA) is 49.0 Å². The molecule has 0 radical (unpaired) electrons. The summed E-state index contributed by atoms with van der Waals surface area (Å²) in [6, 6.07) is 0. The fraction of sp³-hybridized carbons (Fsp3) is 1.00. The molecule has 7 heteroatoms. The number of thioether (sulfide) groups is 1. The van der Waals surface area contributed by atoms with Crippen LogP contribution in [-0.2, 0) is 9.47 Å². The molecule has 0 unspecified atom stereocenters. The van der Waals surface area contributed by atoms with Crippen LogP contribution >= 0.6 is 11.8 Å². The van der Waals surface area contributed by atoms with Crippen molar-refractivity contribution in [3.05, 3.63) is 0 Å². The average Bonchev–Trinajstić information content (AvgIpc) is 2.58. The Kier molecular flexibility index (Phi) is 14.4. The number of hydrogen-bond acceptors (Lipinski definition) is 7. The summed E-state index contributed by atoms with van der Waals surface area (Å²) < 4.78 is 11.3. The quantitative estimate of drug-likeness (QED) is 0.323. The molecule has 1 aliphatic heterocycles. The zero-order chi connectivity index (χ0) is 16.6. The first-order valence-electron chi connectivity index (χ1n) is 8.87. The van der Waals surface area contributed by atoms with Crippen molar-refractivity contribution in [2.75, 3.05) is 97.5 Å². The molecule has 0 saturated carbocycles. The van der Waals surface area contributed by atoms with Gasteiger partial charge < -0.3 is 20.1 Å². The monoisotopic (exact) mass is 348 g/mol. The summed E-state index contributed by atoms with van der Waals surface area (Å²) >= 11 is 1.81. The van der Waals surface area contributed by atoms with Gasteiger partial charge in [-0.2, -0.15) is 0 Å². The van der Waals surface area contributed by atoms with E-state index in [1.165, 1.54) is 0 Å². The van der Waals surface area contributed by atoms with E-state index in [9.17, 15) is 0 Å². The highest BCUT2D eigenvalue weighted by Crippen LogP contribution is 2.01. The molecular weight excluding hydrogens is 312 g/mol. The van der Waals surface area contributed by atoms with E-state index in [0.717, 1.165) is 91.2 Å². The van der Waals surface area contributed by atoms with Gasteiger partial charge in [0.25, 0.3) is 0 Å². The fourth-order valence-electron chi connectivity index (χ4n) is 2.47. The van der Waals surface area contributed by atoms with Crippen LogP contribution in [0.3, 0.4) is 0 Å². The minimum Gasteiger partial charge on any atom is -0.379 e. The number of nitrogens with zero attached hydrogens (tertiary/aromatic N) is 2. The zero-order valence-electron chi connectivity index (χ0n) is 15.0. The summed E-state index contributed by atoms with van der Waals surface area (Å²) in [5.41, 5.74) is 0.